The van der Waals surface area contributed by atoms with Crippen LogP contribution in [0.25, 0.3) is 5.70 Å². The summed E-state index contributed by atoms with van der Waals surface area (Å²) in [6, 6.07) is 14.2. The van der Waals surface area contributed by atoms with Crippen molar-refractivity contribution in [1.82, 2.24) is 10.2 Å². The van der Waals surface area contributed by atoms with Crippen molar-refractivity contribution in [2.45, 2.75) is 13.0 Å². The van der Waals surface area contributed by atoms with Crippen molar-refractivity contribution in [1.29, 1.82) is 0 Å². The van der Waals surface area contributed by atoms with Gasteiger partial charge >= 0.3 is 0 Å². The summed E-state index contributed by atoms with van der Waals surface area (Å²) in [6.07, 6.45) is 1.86. The molecule has 2 aromatic rings. The number of ketones is 1. The average molecular weight is 428 g/mol. The smallest absolute Gasteiger partial charge is 0.290 e. The number of Topliss-reactive ketones (excluding diaryl/α,β-unsaturated/α-hetero) is 1. The summed E-state index contributed by atoms with van der Waals surface area (Å²) in [4.78, 5) is 29.4. The lowest BCUT2D eigenvalue weighted by molar-refractivity contribution is -0.146. The van der Waals surface area contributed by atoms with E-state index in [-0.39, 0.29) is 16.8 Å². The van der Waals surface area contributed by atoms with Gasteiger partial charge in [-0.2, -0.15) is 0 Å². The van der Waals surface area contributed by atoms with Crippen molar-refractivity contribution >= 4 is 34.7 Å². The summed E-state index contributed by atoms with van der Waals surface area (Å²) in [5, 5.41) is 3.39. The van der Waals surface area contributed by atoms with E-state index in [1.807, 2.05) is 48.2 Å². The van der Waals surface area contributed by atoms with Crippen LogP contribution in [0, 0.1) is 11.7 Å². The molecule has 2 aliphatic heterocycles. The Balaban J connectivity index is 1.39. The van der Waals surface area contributed by atoms with Crippen molar-refractivity contribution in [3.63, 3.8) is 0 Å². The first kappa shape index (κ1) is 20.4. The number of rotatable bonds is 4. The number of benzene rings is 2. The maximum absolute atomic E-state index is 13.4. The van der Waals surface area contributed by atoms with Crippen LogP contribution in [0.2, 0.25) is 5.02 Å². The first-order valence-corrected chi connectivity index (χ1v) is 10.4. The van der Waals surface area contributed by atoms with Crippen LogP contribution in [0.3, 0.4) is 0 Å². The molecule has 5 nitrogen and oxygen atoms in total. The number of anilines is 1. The quantitative estimate of drug-likeness (QED) is 0.760. The van der Waals surface area contributed by atoms with Gasteiger partial charge in [0, 0.05) is 43.6 Å². The van der Waals surface area contributed by atoms with E-state index in [1.54, 1.807) is 17.0 Å². The predicted octanol–water partition coefficient (Wildman–Crippen LogP) is 3.35. The lowest BCUT2D eigenvalue weighted by atomic mass is 9.97. The standard InChI is InChI=1S/C23H23ClFN3O2/c1-15-18(14-21(26-15)16-5-3-2-4-6-16)22(29)23(30)28-11-9-27(10-12-28)17-7-8-20(25)19(24)13-17/h2-8,13-15,18,26H,9-12H2,1H3. The molecule has 1 fully saturated rings. The molecule has 4 rings (SSSR count). The Morgan fingerprint density at radius 3 is 2.43 bits per heavy atom. The van der Waals surface area contributed by atoms with E-state index in [0.29, 0.717) is 26.2 Å². The predicted molar refractivity (Wildman–Crippen MR) is 116 cm³/mol. The largest absolute Gasteiger partial charge is 0.381 e. The summed E-state index contributed by atoms with van der Waals surface area (Å²) >= 11 is 5.87. The maximum atomic E-state index is 13.4. The first-order chi connectivity index (χ1) is 14.4. The highest BCUT2D eigenvalue weighted by molar-refractivity contribution is 6.37. The molecule has 1 saturated heterocycles. The van der Waals surface area contributed by atoms with Gasteiger partial charge in [0.1, 0.15) is 5.82 Å². The summed E-state index contributed by atoms with van der Waals surface area (Å²) in [7, 11) is 0. The Bertz CT molecular complexity index is 987. The van der Waals surface area contributed by atoms with Gasteiger partial charge in [-0.15, -0.1) is 0 Å². The first-order valence-electron chi connectivity index (χ1n) is 10.0. The number of halogens is 2. The normalized spacial score (nSPS) is 21.2. The molecule has 2 heterocycles. The SMILES string of the molecule is CC1NC(c2ccccc2)=CC1C(=O)C(=O)N1CCN(c2ccc(F)c(Cl)c2)CC1. The van der Waals surface area contributed by atoms with Crippen LogP contribution in [-0.4, -0.2) is 48.8 Å². The minimum absolute atomic E-state index is 0.0740. The zero-order valence-electron chi connectivity index (χ0n) is 16.6. The number of nitrogens with zero attached hydrogens (tertiary/aromatic N) is 2. The Morgan fingerprint density at radius 2 is 1.77 bits per heavy atom. The molecule has 0 radical (unpaired) electrons. The number of nitrogens with one attached hydrogen (secondary N) is 1. The average Bonchev–Trinajstić information content (AvgIpc) is 3.17. The van der Waals surface area contributed by atoms with Crippen molar-refractivity contribution in [2.24, 2.45) is 5.92 Å². The molecular formula is C23H23ClFN3O2. The Morgan fingerprint density at radius 1 is 1.07 bits per heavy atom. The molecular weight excluding hydrogens is 405 g/mol. The van der Waals surface area contributed by atoms with Crippen LogP contribution in [0.15, 0.2) is 54.6 Å². The fourth-order valence-electron chi connectivity index (χ4n) is 3.95. The zero-order chi connectivity index (χ0) is 21.3. The highest BCUT2D eigenvalue weighted by Gasteiger charge is 2.36. The lowest BCUT2D eigenvalue weighted by Gasteiger charge is -2.36. The van der Waals surface area contributed by atoms with Crippen LogP contribution in [0.1, 0.15) is 12.5 Å². The van der Waals surface area contributed by atoms with Crippen LogP contribution >= 0.6 is 11.6 Å². The van der Waals surface area contributed by atoms with Crippen molar-refractivity contribution < 1.29 is 14.0 Å². The van der Waals surface area contributed by atoms with Crippen LogP contribution < -0.4 is 10.2 Å². The van der Waals surface area contributed by atoms with Gasteiger partial charge < -0.3 is 15.1 Å². The van der Waals surface area contributed by atoms with Crippen LogP contribution in [0.5, 0.6) is 0 Å². The van der Waals surface area contributed by atoms with E-state index < -0.39 is 17.6 Å². The van der Waals surface area contributed by atoms with Gasteiger partial charge in [-0.25, -0.2) is 4.39 Å². The number of hydrogen-bond acceptors (Lipinski definition) is 4. The van der Waals surface area contributed by atoms with Gasteiger partial charge in [0.15, 0.2) is 0 Å². The van der Waals surface area contributed by atoms with Crippen LogP contribution in [-0.2, 0) is 9.59 Å². The molecule has 1 N–H and O–H groups in total. The van der Waals surface area contributed by atoms with Gasteiger partial charge in [-0.05, 0) is 36.8 Å². The minimum atomic E-state index is -0.485. The monoisotopic (exact) mass is 427 g/mol. The number of amides is 1. The molecule has 0 aromatic heterocycles. The molecule has 2 aliphatic rings. The van der Waals surface area contributed by atoms with E-state index in [2.05, 4.69) is 5.32 Å². The molecule has 156 valence electrons. The van der Waals surface area contributed by atoms with E-state index in [1.165, 1.54) is 6.07 Å². The minimum Gasteiger partial charge on any atom is -0.381 e. The number of piperazine rings is 1. The van der Waals surface area contributed by atoms with Gasteiger partial charge in [0.2, 0.25) is 5.78 Å². The maximum Gasteiger partial charge on any atom is 0.290 e. The number of carbonyl (C=O) groups excluding carboxylic acids is 2. The number of carbonyl (C=O) groups is 2. The van der Waals surface area contributed by atoms with Gasteiger partial charge in [-0.3, -0.25) is 9.59 Å². The van der Waals surface area contributed by atoms with Crippen molar-refractivity contribution in [3.05, 3.63) is 71.0 Å². The molecule has 30 heavy (non-hydrogen) atoms. The van der Waals surface area contributed by atoms with Crippen molar-refractivity contribution in [2.75, 3.05) is 31.1 Å². The van der Waals surface area contributed by atoms with Crippen LogP contribution in [0.4, 0.5) is 10.1 Å². The molecule has 0 spiro atoms. The van der Waals surface area contributed by atoms with E-state index in [9.17, 15) is 14.0 Å². The summed E-state index contributed by atoms with van der Waals surface area (Å²) in [5.74, 6) is -1.78. The lowest BCUT2D eigenvalue weighted by Crippen LogP contribution is -2.52. The fourth-order valence-corrected chi connectivity index (χ4v) is 4.13. The molecule has 2 aromatic carbocycles. The van der Waals surface area contributed by atoms with Crippen molar-refractivity contribution in [3.8, 4) is 0 Å². The summed E-state index contributed by atoms with van der Waals surface area (Å²) in [5.41, 5.74) is 2.69. The molecule has 2 unspecified atom stereocenters. The third-order valence-corrected chi connectivity index (χ3v) is 5.99. The van der Waals surface area contributed by atoms with E-state index in [4.69, 9.17) is 11.6 Å². The topological polar surface area (TPSA) is 52.7 Å². The zero-order valence-corrected chi connectivity index (χ0v) is 17.4. The molecule has 0 aliphatic carbocycles. The molecule has 0 bridgehead atoms. The Hall–Kier alpha value is -2.86. The van der Waals surface area contributed by atoms with E-state index >= 15 is 0 Å². The highest BCUT2D eigenvalue weighted by atomic mass is 35.5. The second kappa shape index (κ2) is 8.48. The molecule has 1 amide bonds. The summed E-state index contributed by atoms with van der Waals surface area (Å²) < 4.78 is 13.4. The van der Waals surface area contributed by atoms with Gasteiger partial charge in [0.05, 0.1) is 10.9 Å². The van der Waals surface area contributed by atoms with Gasteiger partial charge in [-0.1, -0.05) is 41.9 Å². The fraction of sp³-hybridized carbons (Fsp3) is 0.304. The summed E-state index contributed by atoms with van der Waals surface area (Å²) in [6.45, 7) is 3.90. The molecule has 0 saturated carbocycles. The third kappa shape index (κ3) is 4.05. The van der Waals surface area contributed by atoms with Gasteiger partial charge in [0.25, 0.3) is 5.91 Å². The second-order valence-corrected chi connectivity index (χ2v) is 8.05. The highest BCUT2D eigenvalue weighted by Crippen LogP contribution is 2.26. The Kier molecular flexibility index (Phi) is 5.77. The molecule has 2 atom stereocenters. The third-order valence-electron chi connectivity index (χ3n) is 5.70. The Labute approximate surface area is 180 Å². The van der Waals surface area contributed by atoms with E-state index in [0.717, 1.165) is 16.9 Å². The number of hydrogen-bond donors (Lipinski definition) is 1. The second-order valence-electron chi connectivity index (χ2n) is 7.65. The molecule has 7 heteroatoms.